The second-order valence-corrected chi connectivity index (χ2v) is 4.91. The van der Waals surface area contributed by atoms with E-state index in [1.807, 2.05) is 0 Å². The van der Waals surface area contributed by atoms with Crippen LogP contribution in [-0.2, 0) is 6.18 Å². The van der Waals surface area contributed by atoms with Crippen molar-refractivity contribution in [2.75, 3.05) is 7.11 Å². The lowest BCUT2D eigenvalue weighted by Crippen LogP contribution is -2.06. The highest BCUT2D eigenvalue weighted by Gasteiger charge is 2.32. The fraction of sp³-hybridized carbons (Fsp3) is 0.133. The molecule has 0 atom stereocenters. The van der Waals surface area contributed by atoms with Gasteiger partial charge in [-0.3, -0.25) is 0 Å². The summed E-state index contributed by atoms with van der Waals surface area (Å²) in [4.78, 5) is 4.12. The molecule has 0 N–H and O–H groups in total. The Morgan fingerprint density at radius 2 is 1.90 bits per heavy atom. The standard InChI is InChI=1S/C15H12F3NOS/c1-20-13-7-4-9-19-14(13)21-10-8-11-5-2-3-6-12(11)15(16,17)18/h2-10H,1H3/b10-8+. The molecule has 2 nitrogen and oxygen atoms in total. The van der Waals surface area contributed by atoms with E-state index in [0.29, 0.717) is 10.8 Å². The number of pyridine rings is 1. The molecule has 2 aromatic rings. The number of hydrogen-bond acceptors (Lipinski definition) is 3. The Morgan fingerprint density at radius 1 is 1.14 bits per heavy atom. The molecule has 0 bridgehead atoms. The summed E-state index contributed by atoms with van der Waals surface area (Å²) in [5.74, 6) is 0.580. The van der Waals surface area contributed by atoms with Crippen molar-refractivity contribution in [3.63, 3.8) is 0 Å². The highest BCUT2D eigenvalue weighted by molar-refractivity contribution is 8.02. The normalized spacial score (nSPS) is 11.8. The fourth-order valence-corrected chi connectivity index (χ4v) is 2.42. The average molecular weight is 311 g/mol. The minimum atomic E-state index is -4.37. The lowest BCUT2D eigenvalue weighted by atomic mass is 10.1. The van der Waals surface area contributed by atoms with E-state index >= 15 is 0 Å². The van der Waals surface area contributed by atoms with Gasteiger partial charge in [0, 0.05) is 6.20 Å². The molecule has 21 heavy (non-hydrogen) atoms. The Balaban J connectivity index is 2.19. The summed E-state index contributed by atoms with van der Waals surface area (Å²) >= 11 is 1.20. The Morgan fingerprint density at radius 3 is 2.62 bits per heavy atom. The molecule has 0 saturated carbocycles. The van der Waals surface area contributed by atoms with Crippen molar-refractivity contribution in [2.45, 2.75) is 11.2 Å². The molecule has 0 radical (unpaired) electrons. The van der Waals surface area contributed by atoms with E-state index in [9.17, 15) is 13.2 Å². The quantitative estimate of drug-likeness (QED) is 0.752. The van der Waals surface area contributed by atoms with E-state index < -0.39 is 11.7 Å². The molecular formula is C15H12F3NOS. The molecule has 0 aliphatic rings. The summed E-state index contributed by atoms with van der Waals surface area (Å²) in [7, 11) is 1.52. The first-order chi connectivity index (χ1) is 10.0. The summed E-state index contributed by atoms with van der Waals surface area (Å²) in [6, 6.07) is 8.90. The van der Waals surface area contributed by atoms with Gasteiger partial charge in [-0.15, -0.1) is 0 Å². The lowest BCUT2D eigenvalue weighted by molar-refractivity contribution is -0.137. The van der Waals surface area contributed by atoms with Gasteiger partial charge in [-0.1, -0.05) is 30.0 Å². The first-order valence-corrected chi connectivity index (χ1v) is 6.89. The van der Waals surface area contributed by atoms with E-state index in [-0.39, 0.29) is 5.56 Å². The number of methoxy groups -OCH3 is 1. The molecule has 0 amide bonds. The summed E-state index contributed by atoms with van der Waals surface area (Å²) in [5, 5.41) is 2.16. The SMILES string of the molecule is COc1cccnc1S/C=C/c1ccccc1C(F)(F)F. The van der Waals surface area contributed by atoms with Crippen LogP contribution in [0.25, 0.3) is 6.08 Å². The van der Waals surface area contributed by atoms with Gasteiger partial charge in [0.1, 0.15) is 5.03 Å². The van der Waals surface area contributed by atoms with Crippen LogP contribution in [-0.4, -0.2) is 12.1 Å². The summed E-state index contributed by atoms with van der Waals surface area (Å²) in [6.45, 7) is 0. The number of benzene rings is 1. The maximum atomic E-state index is 12.8. The number of rotatable bonds is 4. The average Bonchev–Trinajstić information content (AvgIpc) is 2.47. The Labute approximate surface area is 124 Å². The number of alkyl halides is 3. The minimum Gasteiger partial charge on any atom is -0.494 e. The summed E-state index contributed by atoms with van der Waals surface area (Å²) in [6.07, 6.45) is -1.35. The van der Waals surface area contributed by atoms with Crippen LogP contribution in [0.2, 0.25) is 0 Å². The molecule has 1 aromatic heterocycles. The molecule has 1 aromatic carbocycles. The molecular weight excluding hydrogens is 299 g/mol. The van der Waals surface area contributed by atoms with Gasteiger partial charge in [-0.05, 0) is 35.2 Å². The third-order valence-electron chi connectivity index (χ3n) is 2.65. The zero-order chi connectivity index (χ0) is 15.3. The molecule has 0 fully saturated rings. The van der Waals surface area contributed by atoms with Crippen LogP contribution in [0, 0.1) is 0 Å². The third-order valence-corrected chi connectivity index (χ3v) is 3.45. The minimum absolute atomic E-state index is 0.118. The van der Waals surface area contributed by atoms with Crippen LogP contribution in [0.15, 0.2) is 53.0 Å². The second-order valence-electron chi connectivity index (χ2n) is 4.02. The molecule has 0 unspecified atom stereocenters. The summed E-state index contributed by atoms with van der Waals surface area (Å²) in [5.41, 5.74) is -0.540. The van der Waals surface area contributed by atoms with E-state index in [4.69, 9.17) is 4.74 Å². The van der Waals surface area contributed by atoms with Gasteiger partial charge in [0.2, 0.25) is 0 Å². The van der Waals surface area contributed by atoms with Crippen molar-refractivity contribution < 1.29 is 17.9 Å². The predicted octanol–water partition coefficient (Wildman–Crippen LogP) is 4.87. The van der Waals surface area contributed by atoms with Gasteiger partial charge in [0.15, 0.2) is 5.75 Å². The van der Waals surface area contributed by atoms with Crippen molar-refractivity contribution in [2.24, 2.45) is 0 Å². The van der Waals surface area contributed by atoms with Crippen molar-refractivity contribution in [3.8, 4) is 5.75 Å². The van der Waals surface area contributed by atoms with Crippen LogP contribution in [0.4, 0.5) is 13.2 Å². The monoisotopic (exact) mass is 311 g/mol. The van der Waals surface area contributed by atoms with Gasteiger partial charge in [-0.2, -0.15) is 13.2 Å². The largest absolute Gasteiger partial charge is 0.494 e. The van der Waals surface area contributed by atoms with E-state index in [0.717, 1.165) is 6.07 Å². The molecule has 6 heteroatoms. The summed E-state index contributed by atoms with van der Waals surface area (Å²) < 4.78 is 43.7. The highest BCUT2D eigenvalue weighted by atomic mass is 32.2. The zero-order valence-electron chi connectivity index (χ0n) is 11.1. The molecule has 0 aliphatic carbocycles. The van der Waals surface area contributed by atoms with Crippen LogP contribution in [0.3, 0.4) is 0 Å². The molecule has 2 rings (SSSR count). The number of halogens is 3. The number of thioether (sulfide) groups is 1. The number of ether oxygens (including phenoxy) is 1. The third kappa shape index (κ3) is 4.01. The van der Waals surface area contributed by atoms with Crippen LogP contribution in [0.5, 0.6) is 5.75 Å². The molecule has 0 aliphatic heterocycles. The first-order valence-electron chi connectivity index (χ1n) is 6.01. The van der Waals surface area contributed by atoms with Gasteiger partial charge < -0.3 is 4.74 Å². The van der Waals surface area contributed by atoms with Crippen molar-refractivity contribution in [3.05, 3.63) is 59.1 Å². The van der Waals surface area contributed by atoms with Crippen LogP contribution >= 0.6 is 11.8 Å². The second kappa shape index (κ2) is 6.67. The highest BCUT2D eigenvalue weighted by Crippen LogP contribution is 2.33. The number of nitrogens with zero attached hydrogens (tertiary/aromatic N) is 1. The number of hydrogen-bond donors (Lipinski definition) is 0. The molecule has 110 valence electrons. The van der Waals surface area contributed by atoms with E-state index in [2.05, 4.69) is 4.98 Å². The van der Waals surface area contributed by atoms with Crippen molar-refractivity contribution in [1.29, 1.82) is 0 Å². The Kier molecular flexibility index (Phi) is 4.90. The van der Waals surface area contributed by atoms with Crippen molar-refractivity contribution in [1.82, 2.24) is 4.98 Å². The zero-order valence-corrected chi connectivity index (χ0v) is 11.9. The van der Waals surface area contributed by atoms with E-state index in [1.165, 1.54) is 37.1 Å². The first kappa shape index (κ1) is 15.4. The fourth-order valence-electron chi connectivity index (χ4n) is 1.69. The molecule has 0 spiro atoms. The maximum absolute atomic E-state index is 12.8. The topological polar surface area (TPSA) is 22.1 Å². The van der Waals surface area contributed by atoms with E-state index in [1.54, 1.807) is 29.8 Å². The van der Waals surface area contributed by atoms with Crippen LogP contribution in [0.1, 0.15) is 11.1 Å². The van der Waals surface area contributed by atoms with Gasteiger partial charge in [-0.25, -0.2) is 4.98 Å². The maximum Gasteiger partial charge on any atom is 0.416 e. The van der Waals surface area contributed by atoms with Gasteiger partial charge in [0.05, 0.1) is 12.7 Å². The lowest BCUT2D eigenvalue weighted by Gasteiger charge is -2.09. The van der Waals surface area contributed by atoms with Gasteiger partial charge >= 0.3 is 6.18 Å². The smallest absolute Gasteiger partial charge is 0.416 e. The van der Waals surface area contributed by atoms with Crippen LogP contribution < -0.4 is 4.74 Å². The van der Waals surface area contributed by atoms with Gasteiger partial charge in [0.25, 0.3) is 0 Å². The Bertz CT molecular complexity index is 641. The molecule has 0 saturated heterocycles. The Hall–Kier alpha value is -1.95. The number of aromatic nitrogens is 1. The molecule has 1 heterocycles. The van der Waals surface area contributed by atoms with Crippen molar-refractivity contribution >= 4 is 17.8 Å². The predicted molar refractivity (Wildman–Crippen MR) is 77.1 cm³/mol.